The molecule has 1 unspecified atom stereocenters. The zero-order valence-electron chi connectivity index (χ0n) is 24.1. The summed E-state index contributed by atoms with van der Waals surface area (Å²) in [5, 5.41) is 0.947. The summed E-state index contributed by atoms with van der Waals surface area (Å²) in [5.41, 5.74) is 3.68. The number of quaternary nitrogens is 1. The molecule has 0 saturated heterocycles. The quantitative estimate of drug-likeness (QED) is 0.265. The third-order valence-corrected chi connectivity index (χ3v) is 10.6. The van der Waals surface area contributed by atoms with Gasteiger partial charge in [-0.2, -0.15) is 0 Å². The minimum absolute atomic E-state index is 0.217. The number of carbonyl (C=O) groups excluding carboxylic acids is 1. The van der Waals surface area contributed by atoms with Gasteiger partial charge in [-0.05, 0) is 86.6 Å². The maximum absolute atomic E-state index is 12.8. The van der Waals surface area contributed by atoms with Crippen LogP contribution in [0.4, 0.5) is 0 Å². The molecule has 4 heteroatoms. The van der Waals surface area contributed by atoms with Gasteiger partial charge in [0.25, 0.3) is 0 Å². The van der Waals surface area contributed by atoms with Crippen LogP contribution in [0.1, 0.15) is 124 Å². The molecule has 2 aromatic rings. The molecule has 0 bridgehead atoms. The number of para-hydroxylation sites is 1. The summed E-state index contributed by atoms with van der Waals surface area (Å²) in [6.45, 7) is 1.68. The highest BCUT2D eigenvalue weighted by Crippen LogP contribution is 2.39. The molecule has 0 amide bonds. The van der Waals surface area contributed by atoms with E-state index >= 15 is 0 Å². The molecule has 4 saturated carbocycles. The van der Waals surface area contributed by atoms with Crippen molar-refractivity contribution in [2.24, 2.45) is 5.92 Å². The maximum Gasteiger partial charge on any atom is 0.169 e. The van der Waals surface area contributed by atoms with E-state index in [-0.39, 0.29) is 11.7 Å². The Morgan fingerprint density at radius 2 is 1.65 bits per heavy atom. The molecule has 40 heavy (non-hydrogen) atoms. The highest BCUT2D eigenvalue weighted by atomic mass is 35.5. The molecule has 0 heterocycles. The first-order valence-electron chi connectivity index (χ1n) is 16.2. The summed E-state index contributed by atoms with van der Waals surface area (Å²) in [4.78, 5) is 14.5. The van der Waals surface area contributed by atoms with Gasteiger partial charge in [0.05, 0.1) is 11.6 Å². The Hall–Kier alpha value is -2.10. The molecule has 4 aliphatic rings. The van der Waals surface area contributed by atoms with Gasteiger partial charge < -0.3 is 9.64 Å². The van der Waals surface area contributed by atoms with Gasteiger partial charge in [0, 0.05) is 30.2 Å². The van der Waals surface area contributed by atoms with Crippen LogP contribution in [0.15, 0.2) is 48.5 Å². The van der Waals surface area contributed by atoms with Crippen molar-refractivity contribution in [1.82, 2.24) is 0 Å². The lowest BCUT2D eigenvalue weighted by Crippen LogP contribution is -3.21. The summed E-state index contributed by atoms with van der Waals surface area (Å²) in [6, 6.07) is 15.3. The van der Waals surface area contributed by atoms with Gasteiger partial charge in [0.1, 0.15) is 24.4 Å². The van der Waals surface area contributed by atoms with Crippen molar-refractivity contribution in [2.75, 3.05) is 13.2 Å². The van der Waals surface area contributed by atoms with Crippen molar-refractivity contribution in [3.8, 4) is 5.75 Å². The fourth-order valence-electron chi connectivity index (χ4n) is 7.61. The summed E-state index contributed by atoms with van der Waals surface area (Å²) in [5.74, 6) is 1.90. The Labute approximate surface area is 246 Å². The van der Waals surface area contributed by atoms with Crippen LogP contribution in [0, 0.1) is 5.92 Å². The standard InChI is InChI=1S/C36H46ClNO2/c37-33-26-27(17-20-31(33)28-11-3-1-4-12-28)10-9-21-36(22-23-36)38(30-13-5-2-6-14-30)24-25-40-34-16-8-7-15-32(34)35(39)29-18-19-29/h7-10,15-17,20,26,28-30H,1-6,11-14,18-19,21-25H2/p+1/b10-9-. The van der Waals surface area contributed by atoms with Crippen molar-refractivity contribution in [3.63, 3.8) is 0 Å². The lowest BCUT2D eigenvalue weighted by atomic mass is 9.84. The minimum Gasteiger partial charge on any atom is -0.487 e. The second kappa shape index (κ2) is 12.8. The molecule has 0 spiro atoms. The Bertz CT molecular complexity index is 1190. The van der Waals surface area contributed by atoms with E-state index in [9.17, 15) is 4.79 Å². The highest BCUT2D eigenvalue weighted by molar-refractivity contribution is 6.31. The average molecular weight is 561 g/mol. The third kappa shape index (κ3) is 6.68. The number of nitrogens with one attached hydrogen (secondary N) is 1. The molecule has 4 aliphatic carbocycles. The number of Topliss-reactive ketones (excluding diaryl/α,β-unsaturated/α-hetero) is 1. The van der Waals surface area contributed by atoms with Crippen LogP contribution >= 0.6 is 11.6 Å². The second-order valence-corrected chi connectivity index (χ2v) is 13.5. The summed E-state index contributed by atoms with van der Waals surface area (Å²) in [6.07, 6.45) is 23.8. The Morgan fingerprint density at radius 3 is 2.35 bits per heavy atom. The summed E-state index contributed by atoms with van der Waals surface area (Å²) in [7, 11) is 0. The SMILES string of the molecule is O=C(c1ccccc1OCC[NH+](C1CCCCC1)C1(C/C=C\c2ccc(C3CCCCC3)c(Cl)c2)CC1)C1CC1. The molecule has 0 aromatic heterocycles. The van der Waals surface area contributed by atoms with E-state index in [4.69, 9.17) is 16.3 Å². The van der Waals surface area contributed by atoms with E-state index in [1.165, 1.54) is 88.2 Å². The first-order valence-corrected chi connectivity index (χ1v) is 16.6. The van der Waals surface area contributed by atoms with Gasteiger partial charge in [-0.3, -0.25) is 4.79 Å². The summed E-state index contributed by atoms with van der Waals surface area (Å²) >= 11 is 6.78. The smallest absolute Gasteiger partial charge is 0.169 e. The van der Waals surface area contributed by atoms with E-state index in [0.29, 0.717) is 18.1 Å². The van der Waals surface area contributed by atoms with Crippen molar-refractivity contribution >= 4 is 23.5 Å². The molecule has 214 valence electrons. The third-order valence-electron chi connectivity index (χ3n) is 10.3. The zero-order valence-corrected chi connectivity index (χ0v) is 24.9. The molecular weight excluding hydrogens is 514 g/mol. The molecule has 3 nitrogen and oxygen atoms in total. The first-order chi connectivity index (χ1) is 19.6. The van der Waals surface area contributed by atoms with Gasteiger partial charge in [0.15, 0.2) is 5.78 Å². The van der Waals surface area contributed by atoms with Crippen LogP contribution in [0.3, 0.4) is 0 Å². The Morgan fingerprint density at radius 1 is 0.925 bits per heavy atom. The lowest BCUT2D eigenvalue weighted by Gasteiger charge is -2.37. The topological polar surface area (TPSA) is 30.7 Å². The van der Waals surface area contributed by atoms with E-state index < -0.39 is 0 Å². The van der Waals surface area contributed by atoms with E-state index in [1.807, 2.05) is 24.3 Å². The number of hydrogen-bond acceptors (Lipinski definition) is 2. The van der Waals surface area contributed by atoms with Crippen LogP contribution in [-0.2, 0) is 0 Å². The van der Waals surface area contributed by atoms with Gasteiger partial charge in [-0.1, -0.05) is 73.7 Å². The van der Waals surface area contributed by atoms with Crippen molar-refractivity contribution in [3.05, 3.63) is 70.3 Å². The van der Waals surface area contributed by atoms with Crippen LogP contribution in [0.5, 0.6) is 5.75 Å². The monoisotopic (exact) mass is 560 g/mol. The van der Waals surface area contributed by atoms with Gasteiger partial charge in [-0.15, -0.1) is 0 Å². The second-order valence-electron chi connectivity index (χ2n) is 13.1. The summed E-state index contributed by atoms with van der Waals surface area (Å²) < 4.78 is 6.35. The highest BCUT2D eigenvalue weighted by Gasteiger charge is 2.53. The number of hydrogen-bond donors (Lipinski definition) is 1. The number of carbonyl (C=O) groups is 1. The molecule has 6 rings (SSSR count). The number of halogens is 1. The molecular formula is C36H47ClNO2+. The average Bonchev–Trinajstić information content (AvgIpc) is 3.93. The number of rotatable bonds is 12. The van der Waals surface area contributed by atoms with E-state index in [2.05, 4.69) is 30.4 Å². The molecule has 4 fully saturated rings. The van der Waals surface area contributed by atoms with Gasteiger partial charge in [-0.25, -0.2) is 0 Å². The van der Waals surface area contributed by atoms with Gasteiger partial charge >= 0.3 is 0 Å². The van der Waals surface area contributed by atoms with Crippen molar-refractivity contribution in [1.29, 1.82) is 0 Å². The molecule has 1 atom stereocenters. The van der Waals surface area contributed by atoms with Crippen LogP contribution < -0.4 is 9.64 Å². The van der Waals surface area contributed by atoms with E-state index in [0.717, 1.165) is 48.2 Å². The predicted molar refractivity (Wildman–Crippen MR) is 165 cm³/mol. The predicted octanol–water partition coefficient (Wildman–Crippen LogP) is 8.21. The van der Waals surface area contributed by atoms with Crippen LogP contribution in [-0.4, -0.2) is 30.5 Å². The normalized spacial score (nSPS) is 22.3. The molecule has 0 aliphatic heterocycles. The molecule has 2 aromatic carbocycles. The molecule has 0 radical (unpaired) electrons. The molecule has 1 N–H and O–H groups in total. The van der Waals surface area contributed by atoms with Gasteiger partial charge in [0.2, 0.25) is 0 Å². The van der Waals surface area contributed by atoms with Crippen molar-refractivity contribution < 1.29 is 14.4 Å². The minimum atomic E-state index is 0.217. The number of ether oxygens (including phenoxy) is 1. The number of benzene rings is 2. The van der Waals surface area contributed by atoms with Crippen LogP contribution in [0.2, 0.25) is 5.02 Å². The first kappa shape index (κ1) is 28.0. The fourth-order valence-corrected chi connectivity index (χ4v) is 7.95. The van der Waals surface area contributed by atoms with E-state index in [1.54, 1.807) is 4.90 Å². The fraction of sp³-hybridized carbons (Fsp3) is 0.583. The van der Waals surface area contributed by atoms with Crippen molar-refractivity contribution in [2.45, 2.75) is 114 Å². The Balaban J connectivity index is 1.10. The zero-order chi connectivity index (χ0) is 27.4. The number of ketones is 1. The lowest BCUT2D eigenvalue weighted by molar-refractivity contribution is -0.961. The maximum atomic E-state index is 12.8. The van der Waals surface area contributed by atoms with Crippen LogP contribution in [0.25, 0.3) is 6.08 Å². The Kier molecular flexibility index (Phi) is 8.99. The largest absolute Gasteiger partial charge is 0.487 e.